The molecule has 5 nitrogen and oxygen atoms in total. The van der Waals surface area contributed by atoms with Crippen molar-refractivity contribution in [3.63, 3.8) is 0 Å². The highest BCUT2D eigenvalue weighted by Gasteiger charge is 2.25. The summed E-state index contributed by atoms with van der Waals surface area (Å²) >= 11 is 4.83. The second-order valence-corrected chi connectivity index (χ2v) is 8.49. The van der Waals surface area contributed by atoms with Crippen molar-refractivity contribution in [1.29, 1.82) is 0 Å². The first-order chi connectivity index (χ1) is 9.54. The molecule has 0 unspecified atom stereocenters. The first-order valence-electron chi connectivity index (χ1n) is 6.15. The fraction of sp³-hybridized carbons (Fsp3) is 0.417. The van der Waals surface area contributed by atoms with Crippen molar-refractivity contribution in [2.75, 3.05) is 26.3 Å². The molecular weight excluding hydrogens is 364 g/mol. The van der Waals surface area contributed by atoms with Crippen molar-refractivity contribution in [2.24, 2.45) is 0 Å². The number of halogens is 1. The molecule has 0 N–H and O–H groups in total. The summed E-state index contributed by atoms with van der Waals surface area (Å²) in [4.78, 5) is 4.39. The van der Waals surface area contributed by atoms with Crippen LogP contribution in [0.5, 0.6) is 0 Å². The van der Waals surface area contributed by atoms with Crippen LogP contribution in [0.25, 0.3) is 10.2 Å². The Morgan fingerprint density at radius 3 is 2.85 bits per heavy atom. The zero-order valence-corrected chi connectivity index (χ0v) is 13.8. The van der Waals surface area contributed by atoms with Gasteiger partial charge in [0.1, 0.15) is 10.8 Å². The number of morpholine rings is 1. The SMILES string of the molecule is O=S(=O)(Cc1nc2ccc(Br)cc2s1)N1CCOCC1. The van der Waals surface area contributed by atoms with Gasteiger partial charge in [-0.1, -0.05) is 15.9 Å². The third-order valence-electron chi connectivity index (χ3n) is 3.06. The van der Waals surface area contributed by atoms with Gasteiger partial charge in [-0.2, -0.15) is 4.31 Å². The molecule has 1 aliphatic heterocycles. The van der Waals surface area contributed by atoms with Crippen LogP contribution in [0.4, 0.5) is 0 Å². The van der Waals surface area contributed by atoms with Crippen LogP contribution in [-0.2, 0) is 20.5 Å². The van der Waals surface area contributed by atoms with E-state index in [1.807, 2.05) is 18.2 Å². The van der Waals surface area contributed by atoms with Gasteiger partial charge < -0.3 is 4.74 Å². The number of ether oxygens (including phenoxy) is 1. The number of benzene rings is 1. The van der Waals surface area contributed by atoms with Gasteiger partial charge in [-0.15, -0.1) is 11.3 Å². The molecule has 8 heteroatoms. The summed E-state index contributed by atoms with van der Waals surface area (Å²) in [5, 5.41) is 0.629. The second kappa shape index (κ2) is 5.69. The van der Waals surface area contributed by atoms with Crippen LogP contribution in [0.1, 0.15) is 5.01 Å². The molecule has 0 spiro atoms. The predicted octanol–water partition coefficient (Wildman–Crippen LogP) is 2.22. The van der Waals surface area contributed by atoms with E-state index in [1.54, 1.807) is 0 Å². The molecule has 0 saturated carbocycles. The molecule has 0 atom stereocenters. The fourth-order valence-corrected chi connectivity index (χ4v) is 5.34. The monoisotopic (exact) mass is 376 g/mol. The van der Waals surface area contributed by atoms with Crippen LogP contribution >= 0.6 is 27.3 Å². The van der Waals surface area contributed by atoms with Crippen molar-refractivity contribution in [3.05, 3.63) is 27.7 Å². The maximum atomic E-state index is 12.3. The number of sulfonamides is 1. The Labute approximate surface area is 129 Å². The molecule has 3 rings (SSSR count). The molecule has 1 aromatic heterocycles. The molecule has 1 aromatic carbocycles. The van der Waals surface area contributed by atoms with E-state index < -0.39 is 10.0 Å². The quantitative estimate of drug-likeness (QED) is 0.823. The second-order valence-electron chi connectivity index (χ2n) is 4.49. The third kappa shape index (κ3) is 3.04. The van der Waals surface area contributed by atoms with E-state index in [0.29, 0.717) is 31.3 Å². The number of thiazole rings is 1. The molecule has 1 saturated heterocycles. The van der Waals surface area contributed by atoms with Gasteiger partial charge in [0.2, 0.25) is 10.0 Å². The zero-order valence-electron chi connectivity index (χ0n) is 10.6. The highest BCUT2D eigenvalue weighted by Crippen LogP contribution is 2.27. The number of hydrogen-bond donors (Lipinski definition) is 0. The van der Waals surface area contributed by atoms with Crippen LogP contribution in [0.15, 0.2) is 22.7 Å². The maximum absolute atomic E-state index is 12.3. The van der Waals surface area contributed by atoms with E-state index in [-0.39, 0.29) is 5.75 Å². The molecule has 0 radical (unpaired) electrons. The molecule has 2 aromatic rings. The number of nitrogens with zero attached hydrogens (tertiary/aromatic N) is 2. The largest absolute Gasteiger partial charge is 0.379 e. The highest BCUT2D eigenvalue weighted by molar-refractivity contribution is 9.10. The van der Waals surface area contributed by atoms with Gasteiger partial charge in [-0.05, 0) is 18.2 Å². The Morgan fingerprint density at radius 1 is 1.35 bits per heavy atom. The molecule has 0 bridgehead atoms. The normalized spacial score (nSPS) is 17.6. The van der Waals surface area contributed by atoms with Crippen LogP contribution < -0.4 is 0 Å². The Bertz CT molecular complexity index is 723. The van der Waals surface area contributed by atoms with Crippen molar-refractivity contribution in [2.45, 2.75) is 5.75 Å². The van der Waals surface area contributed by atoms with Gasteiger partial charge in [0.15, 0.2) is 0 Å². The number of hydrogen-bond acceptors (Lipinski definition) is 5. The summed E-state index contributed by atoms with van der Waals surface area (Å²) in [6, 6.07) is 5.75. The smallest absolute Gasteiger partial charge is 0.220 e. The lowest BCUT2D eigenvalue weighted by Gasteiger charge is -2.25. The topological polar surface area (TPSA) is 59.5 Å². The summed E-state index contributed by atoms with van der Waals surface area (Å²) in [5.41, 5.74) is 0.838. The molecule has 20 heavy (non-hydrogen) atoms. The molecule has 1 aliphatic rings. The van der Waals surface area contributed by atoms with Crippen molar-refractivity contribution in [3.8, 4) is 0 Å². The lowest BCUT2D eigenvalue weighted by Crippen LogP contribution is -2.41. The zero-order chi connectivity index (χ0) is 14.2. The Hall–Kier alpha value is -0.540. The minimum atomic E-state index is -3.30. The van der Waals surface area contributed by atoms with E-state index >= 15 is 0 Å². The minimum absolute atomic E-state index is 0.0377. The summed E-state index contributed by atoms with van der Waals surface area (Å²) < 4.78 is 33.3. The molecule has 0 aliphatic carbocycles. The summed E-state index contributed by atoms with van der Waals surface area (Å²) in [6.07, 6.45) is 0. The standard InChI is InChI=1S/C12H13BrN2O3S2/c13-9-1-2-10-11(7-9)19-12(14-10)8-20(16,17)15-3-5-18-6-4-15/h1-2,7H,3-6,8H2. The predicted molar refractivity (Wildman–Crippen MR) is 82.3 cm³/mol. The molecule has 2 heterocycles. The van der Waals surface area contributed by atoms with E-state index in [2.05, 4.69) is 20.9 Å². The lowest BCUT2D eigenvalue weighted by atomic mass is 10.3. The number of fused-ring (bicyclic) bond motifs is 1. The van der Waals surface area contributed by atoms with Crippen LogP contribution in [0, 0.1) is 0 Å². The number of rotatable bonds is 3. The molecule has 1 fully saturated rings. The van der Waals surface area contributed by atoms with E-state index in [0.717, 1.165) is 14.7 Å². The summed E-state index contributed by atoms with van der Waals surface area (Å²) in [6.45, 7) is 1.79. The average Bonchev–Trinajstić information content (AvgIpc) is 2.80. The van der Waals surface area contributed by atoms with Crippen molar-refractivity contribution in [1.82, 2.24) is 9.29 Å². The highest BCUT2D eigenvalue weighted by atomic mass is 79.9. The van der Waals surface area contributed by atoms with Crippen LogP contribution in [0.2, 0.25) is 0 Å². The third-order valence-corrected chi connectivity index (χ3v) is 6.55. The van der Waals surface area contributed by atoms with Gasteiger partial charge in [-0.25, -0.2) is 13.4 Å². The Kier molecular flexibility index (Phi) is 4.09. The number of aromatic nitrogens is 1. The van der Waals surface area contributed by atoms with Gasteiger partial charge in [0.25, 0.3) is 0 Å². The average molecular weight is 377 g/mol. The van der Waals surface area contributed by atoms with E-state index in [4.69, 9.17) is 4.74 Å². The van der Waals surface area contributed by atoms with Crippen molar-refractivity contribution >= 4 is 47.5 Å². The van der Waals surface area contributed by atoms with Gasteiger partial charge in [0.05, 0.1) is 23.4 Å². The summed E-state index contributed by atoms with van der Waals surface area (Å²) in [5.74, 6) is -0.0377. The van der Waals surface area contributed by atoms with Gasteiger partial charge in [0, 0.05) is 17.6 Å². The summed E-state index contributed by atoms with van der Waals surface area (Å²) in [7, 11) is -3.30. The Balaban J connectivity index is 1.84. The van der Waals surface area contributed by atoms with Crippen LogP contribution in [-0.4, -0.2) is 44.0 Å². The van der Waals surface area contributed by atoms with E-state index in [9.17, 15) is 8.42 Å². The lowest BCUT2D eigenvalue weighted by molar-refractivity contribution is 0.0729. The Morgan fingerprint density at radius 2 is 2.10 bits per heavy atom. The first-order valence-corrected chi connectivity index (χ1v) is 9.37. The first kappa shape index (κ1) is 14.4. The van der Waals surface area contributed by atoms with Gasteiger partial charge in [-0.3, -0.25) is 0 Å². The minimum Gasteiger partial charge on any atom is -0.379 e. The molecular formula is C12H13BrN2O3S2. The molecule has 0 amide bonds. The molecule has 108 valence electrons. The van der Waals surface area contributed by atoms with Gasteiger partial charge >= 0.3 is 0 Å². The maximum Gasteiger partial charge on any atom is 0.220 e. The fourth-order valence-electron chi connectivity index (χ4n) is 2.08. The van der Waals surface area contributed by atoms with Crippen molar-refractivity contribution < 1.29 is 13.2 Å². The van der Waals surface area contributed by atoms with E-state index in [1.165, 1.54) is 15.6 Å². The van der Waals surface area contributed by atoms with Crippen LogP contribution in [0.3, 0.4) is 0 Å².